The average molecular weight is 212 g/mol. The fourth-order valence-electron chi connectivity index (χ4n) is 2.77. The first-order valence-electron chi connectivity index (χ1n) is 6.14. The monoisotopic (exact) mass is 212 g/mol. The first-order chi connectivity index (χ1) is 7.02. The molecule has 2 aliphatic heterocycles. The van der Waals surface area contributed by atoms with Gasteiger partial charge in [0.05, 0.1) is 0 Å². The van der Waals surface area contributed by atoms with Gasteiger partial charge in [-0.05, 0) is 46.1 Å². The van der Waals surface area contributed by atoms with Gasteiger partial charge in [-0.1, -0.05) is 0 Å². The summed E-state index contributed by atoms with van der Waals surface area (Å²) in [5.41, 5.74) is 6.79. The summed E-state index contributed by atoms with van der Waals surface area (Å²) in [7, 11) is 0. The van der Waals surface area contributed by atoms with Crippen molar-refractivity contribution in [2.45, 2.75) is 50.6 Å². The maximum atomic E-state index is 6.44. The second-order valence-electron chi connectivity index (χ2n) is 5.81. The molecule has 2 fully saturated rings. The topological polar surface area (TPSA) is 38.5 Å². The molecular weight excluding hydrogens is 188 g/mol. The van der Waals surface area contributed by atoms with Crippen LogP contribution in [-0.2, 0) is 4.74 Å². The Bertz CT molecular complexity index is 222. The van der Waals surface area contributed by atoms with E-state index in [4.69, 9.17) is 10.5 Å². The standard InChI is InChI=1S/C12H24N2O/c1-11(2)4-3-7-14(11)10-12(13)5-8-15-9-6-12/h3-10,13H2,1-2H3. The van der Waals surface area contributed by atoms with Gasteiger partial charge in [0.15, 0.2) is 0 Å². The molecule has 0 amide bonds. The average Bonchev–Trinajstić information content (AvgIpc) is 2.46. The number of nitrogens with zero attached hydrogens (tertiary/aromatic N) is 1. The van der Waals surface area contributed by atoms with Crippen LogP contribution in [0.4, 0.5) is 0 Å². The van der Waals surface area contributed by atoms with Gasteiger partial charge < -0.3 is 10.5 Å². The van der Waals surface area contributed by atoms with Crippen molar-refractivity contribution >= 4 is 0 Å². The Kier molecular flexibility index (Phi) is 3.06. The van der Waals surface area contributed by atoms with Crippen molar-refractivity contribution in [3.63, 3.8) is 0 Å². The number of rotatable bonds is 2. The summed E-state index contributed by atoms with van der Waals surface area (Å²) in [6.07, 6.45) is 4.65. The Morgan fingerprint density at radius 1 is 1.20 bits per heavy atom. The Morgan fingerprint density at radius 2 is 1.87 bits per heavy atom. The molecule has 2 saturated heterocycles. The summed E-state index contributed by atoms with van der Waals surface area (Å²) in [6.45, 7) is 8.61. The van der Waals surface area contributed by atoms with Crippen LogP contribution >= 0.6 is 0 Å². The molecule has 0 aromatic carbocycles. The van der Waals surface area contributed by atoms with Crippen molar-refractivity contribution in [3.8, 4) is 0 Å². The van der Waals surface area contributed by atoms with Crippen molar-refractivity contribution in [1.82, 2.24) is 4.90 Å². The van der Waals surface area contributed by atoms with Crippen molar-refractivity contribution in [3.05, 3.63) is 0 Å². The molecule has 3 nitrogen and oxygen atoms in total. The van der Waals surface area contributed by atoms with Gasteiger partial charge in [-0.3, -0.25) is 4.90 Å². The quantitative estimate of drug-likeness (QED) is 0.751. The highest BCUT2D eigenvalue weighted by atomic mass is 16.5. The second kappa shape index (κ2) is 4.04. The Hall–Kier alpha value is -0.120. The number of ether oxygens (including phenoxy) is 1. The fraction of sp³-hybridized carbons (Fsp3) is 1.00. The number of nitrogens with two attached hydrogens (primary N) is 1. The minimum absolute atomic E-state index is 0.000139. The molecule has 2 heterocycles. The van der Waals surface area contributed by atoms with Gasteiger partial charge in [0, 0.05) is 30.8 Å². The van der Waals surface area contributed by atoms with E-state index in [0.717, 1.165) is 32.6 Å². The lowest BCUT2D eigenvalue weighted by molar-refractivity contribution is 0.0273. The molecule has 0 unspecified atom stereocenters. The first kappa shape index (κ1) is 11.4. The zero-order valence-corrected chi connectivity index (χ0v) is 10.1. The highest BCUT2D eigenvalue weighted by Gasteiger charge is 2.38. The molecular formula is C12H24N2O. The van der Waals surface area contributed by atoms with Crippen LogP contribution in [-0.4, -0.2) is 42.3 Å². The van der Waals surface area contributed by atoms with Gasteiger partial charge in [0.25, 0.3) is 0 Å². The number of hydrogen-bond donors (Lipinski definition) is 1. The molecule has 2 N–H and O–H groups in total. The molecule has 88 valence electrons. The van der Waals surface area contributed by atoms with Crippen LogP contribution in [0.2, 0.25) is 0 Å². The van der Waals surface area contributed by atoms with E-state index in [9.17, 15) is 0 Å². The summed E-state index contributed by atoms with van der Waals surface area (Å²) in [5.74, 6) is 0. The van der Waals surface area contributed by atoms with E-state index >= 15 is 0 Å². The Labute approximate surface area is 93.0 Å². The van der Waals surface area contributed by atoms with Gasteiger partial charge >= 0.3 is 0 Å². The van der Waals surface area contributed by atoms with Gasteiger partial charge in [-0.25, -0.2) is 0 Å². The largest absolute Gasteiger partial charge is 0.381 e. The van der Waals surface area contributed by atoms with E-state index in [0.29, 0.717) is 5.54 Å². The maximum absolute atomic E-state index is 6.44. The summed E-state index contributed by atoms with van der Waals surface area (Å²) in [6, 6.07) is 0. The summed E-state index contributed by atoms with van der Waals surface area (Å²) >= 11 is 0. The van der Waals surface area contributed by atoms with Crippen LogP contribution in [0.15, 0.2) is 0 Å². The molecule has 15 heavy (non-hydrogen) atoms. The third kappa shape index (κ3) is 2.52. The maximum Gasteiger partial charge on any atom is 0.0484 e. The van der Waals surface area contributed by atoms with Crippen molar-refractivity contribution in [1.29, 1.82) is 0 Å². The SMILES string of the molecule is CC1(C)CCCN1CC1(N)CCOCC1. The third-order valence-corrected chi connectivity index (χ3v) is 4.07. The fourth-order valence-corrected chi connectivity index (χ4v) is 2.77. The highest BCUT2D eigenvalue weighted by Crippen LogP contribution is 2.31. The molecule has 0 saturated carbocycles. The molecule has 2 rings (SSSR count). The van der Waals surface area contributed by atoms with E-state index in [1.54, 1.807) is 0 Å². The predicted octanol–water partition coefficient (Wildman–Crippen LogP) is 1.37. The lowest BCUT2D eigenvalue weighted by Crippen LogP contribution is -2.56. The van der Waals surface area contributed by atoms with Gasteiger partial charge in [0.1, 0.15) is 0 Å². The smallest absolute Gasteiger partial charge is 0.0484 e. The minimum Gasteiger partial charge on any atom is -0.381 e. The van der Waals surface area contributed by atoms with Crippen LogP contribution in [0, 0.1) is 0 Å². The van der Waals surface area contributed by atoms with Gasteiger partial charge in [-0.2, -0.15) is 0 Å². The van der Waals surface area contributed by atoms with Crippen molar-refractivity contribution in [2.24, 2.45) is 5.73 Å². The summed E-state index contributed by atoms with van der Waals surface area (Å²) < 4.78 is 5.38. The molecule has 0 spiro atoms. The molecule has 0 aromatic rings. The zero-order chi connectivity index (χ0) is 10.9. The predicted molar refractivity (Wildman–Crippen MR) is 61.9 cm³/mol. The zero-order valence-electron chi connectivity index (χ0n) is 10.1. The van der Waals surface area contributed by atoms with Gasteiger partial charge in [-0.15, -0.1) is 0 Å². The van der Waals surface area contributed by atoms with Crippen molar-refractivity contribution < 1.29 is 4.74 Å². The van der Waals surface area contributed by atoms with E-state index in [-0.39, 0.29) is 5.54 Å². The molecule has 0 atom stereocenters. The molecule has 0 radical (unpaired) electrons. The van der Waals surface area contributed by atoms with Crippen LogP contribution in [0.1, 0.15) is 39.5 Å². The van der Waals surface area contributed by atoms with Crippen LogP contribution < -0.4 is 5.73 Å². The van der Waals surface area contributed by atoms with E-state index in [2.05, 4.69) is 18.7 Å². The van der Waals surface area contributed by atoms with Gasteiger partial charge in [0.2, 0.25) is 0 Å². The summed E-state index contributed by atoms with van der Waals surface area (Å²) in [4.78, 5) is 2.57. The van der Waals surface area contributed by atoms with Crippen LogP contribution in [0.25, 0.3) is 0 Å². The van der Waals surface area contributed by atoms with E-state index in [1.165, 1.54) is 19.4 Å². The molecule has 0 aliphatic carbocycles. The van der Waals surface area contributed by atoms with Crippen LogP contribution in [0.5, 0.6) is 0 Å². The third-order valence-electron chi connectivity index (χ3n) is 4.07. The second-order valence-corrected chi connectivity index (χ2v) is 5.81. The molecule has 0 aromatic heterocycles. The number of hydrogen-bond acceptors (Lipinski definition) is 3. The lowest BCUT2D eigenvalue weighted by atomic mass is 9.89. The Morgan fingerprint density at radius 3 is 2.40 bits per heavy atom. The lowest BCUT2D eigenvalue weighted by Gasteiger charge is -2.41. The normalized spacial score (nSPS) is 30.6. The summed E-state index contributed by atoms with van der Waals surface area (Å²) in [5, 5.41) is 0. The van der Waals surface area contributed by atoms with Crippen molar-refractivity contribution in [2.75, 3.05) is 26.3 Å². The van der Waals surface area contributed by atoms with Crippen LogP contribution in [0.3, 0.4) is 0 Å². The number of likely N-dealkylation sites (tertiary alicyclic amines) is 1. The molecule has 3 heteroatoms. The molecule has 2 aliphatic rings. The minimum atomic E-state index is -0.000139. The van der Waals surface area contributed by atoms with E-state index < -0.39 is 0 Å². The first-order valence-corrected chi connectivity index (χ1v) is 6.14. The highest BCUT2D eigenvalue weighted by molar-refractivity contribution is 4.96. The Balaban J connectivity index is 1.95. The molecule has 0 bridgehead atoms. The van der Waals surface area contributed by atoms with E-state index in [1.807, 2.05) is 0 Å².